The number of pyridine rings is 1. The van der Waals surface area contributed by atoms with Crippen molar-refractivity contribution in [3.8, 4) is 0 Å². The van der Waals surface area contributed by atoms with Gasteiger partial charge in [-0.2, -0.15) is 0 Å². The Morgan fingerprint density at radius 3 is 2.34 bits per heavy atom. The fourth-order valence-electron chi connectivity index (χ4n) is 2.80. The van der Waals surface area contributed by atoms with Crippen LogP contribution in [-0.4, -0.2) is 37.4 Å². The summed E-state index contributed by atoms with van der Waals surface area (Å²) < 4.78 is 0. The van der Waals surface area contributed by atoms with Crippen LogP contribution in [0.2, 0.25) is 0 Å². The predicted molar refractivity (Wildman–Crippen MR) is 115 cm³/mol. The van der Waals surface area contributed by atoms with Gasteiger partial charge >= 0.3 is 0 Å². The molecule has 0 bridgehead atoms. The Bertz CT molecular complexity index is 970. The van der Waals surface area contributed by atoms with Crippen LogP contribution < -0.4 is 15.5 Å². The Hall–Kier alpha value is -3.67. The first-order valence-corrected chi connectivity index (χ1v) is 9.40. The Balaban J connectivity index is 1.59. The van der Waals surface area contributed by atoms with E-state index in [2.05, 4.69) is 15.6 Å². The number of carbonyl (C=O) groups is 2. The summed E-state index contributed by atoms with van der Waals surface area (Å²) >= 11 is 0. The van der Waals surface area contributed by atoms with E-state index in [-0.39, 0.29) is 17.5 Å². The number of amides is 2. The zero-order valence-corrected chi connectivity index (χ0v) is 16.6. The van der Waals surface area contributed by atoms with Crippen LogP contribution in [0.15, 0.2) is 72.9 Å². The normalized spacial score (nSPS) is 10.3. The van der Waals surface area contributed by atoms with Crippen LogP contribution in [0, 0.1) is 0 Å². The van der Waals surface area contributed by atoms with Gasteiger partial charge < -0.3 is 15.5 Å². The highest BCUT2D eigenvalue weighted by molar-refractivity contribution is 6.04. The third kappa shape index (κ3) is 5.65. The van der Waals surface area contributed by atoms with Crippen molar-refractivity contribution in [2.45, 2.75) is 6.42 Å². The molecule has 0 aliphatic heterocycles. The number of benzene rings is 2. The van der Waals surface area contributed by atoms with Gasteiger partial charge in [0.25, 0.3) is 11.8 Å². The molecule has 0 radical (unpaired) electrons. The van der Waals surface area contributed by atoms with Crippen molar-refractivity contribution in [1.82, 2.24) is 10.3 Å². The fraction of sp³-hybridized carbons (Fsp3) is 0.174. The van der Waals surface area contributed by atoms with Gasteiger partial charge in [0.1, 0.15) is 5.69 Å². The maximum atomic E-state index is 12.5. The second-order valence-electron chi connectivity index (χ2n) is 6.82. The van der Waals surface area contributed by atoms with E-state index in [1.807, 2.05) is 73.6 Å². The minimum atomic E-state index is -0.360. The molecule has 0 atom stereocenters. The Morgan fingerprint density at radius 2 is 1.66 bits per heavy atom. The molecule has 0 saturated heterocycles. The molecule has 2 amide bonds. The number of nitrogens with zero attached hydrogens (tertiary/aromatic N) is 2. The van der Waals surface area contributed by atoms with E-state index >= 15 is 0 Å². The predicted octanol–water partition coefficient (Wildman–Crippen LogP) is 3.37. The lowest BCUT2D eigenvalue weighted by Crippen LogP contribution is -2.26. The lowest BCUT2D eigenvalue weighted by atomic mass is 10.1. The summed E-state index contributed by atoms with van der Waals surface area (Å²) in [4.78, 5) is 31.0. The van der Waals surface area contributed by atoms with Crippen LogP contribution in [0.1, 0.15) is 26.4 Å². The zero-order chi connectivity index (χ0) is 20.6. The van der Waals surface area contributed by atoms with Gasteiger partial charge in [-0.15, -0.1) is 0 Å². The van der Waals surface area contributed by atoms with E-state index in [9.17, 15) is 9.59 Å². The molecule has 0 saturated carbocycles. The molecule has 0 aliphatic rings. The first-order valence-electron chi connectivity index (χ1n) is 9.40. The zero-order valence-electron chi connectivity index (χ0n) is 16.6. The molecule has 0 spiro atoms. The molecule has 0 fully saturated rings. The van der Waals surface area contributed by atoms with Crippen molar-refractivity contribution in [3.05, 3.63) is 89.7 Å². The van der Waals surface area contributed by atoms with Crippen LogP contribution in [-0.2, 0) is 6.42 Å². The molecule has 3 aromatic rings. The summed E-state index contributed by atoms with van der Waals surface area (Å²) in [5, 5.41) is 5.68. The summed E-state index contributed by atoms with van der Waals surface area (Å²) in [6.07, 6.45) is 2.21. The Kier molecular flexibility index (Phi) is 6.58. The smallest absolute Gasteiger partial charge is 0.274 e. The van der Waals surface area contributed by atoms with Crippen molar-refractivity contribution in [2.75, 3.05) is 30.9 Å². The van der Waals surface area contributed by atoms with Gasteiger partial charge in [-0.1, -0.05) is 30.3 Å². The fourth-order valence-corrected chi connectivity index (χ4v) is 2.80. The van der Waals surface area contributed by atoms with Crippen LogP contribution in [0.3, 0.4) is 0 Å². The molecule has 1 heterocycles. The van der Waals surface area contributed by atoms with Gasteiger partial charge in [-0.25, -0.2) is 0 Å². The van der Waals surface area contributed by atoms with Gasteiger partial charge in [0, 0.05) is 43.8 Å². The average Bonchev–Trinajstić information content (AvgIpc) is 2.75. The largest absolute Gasteiger partial charge is 0.378 e. The average molecular weight is 388 g/mol. The molecular formula is C23H24N4O2. The van der Waals surface area contributed by atoms with Crippen molar-refractivity contribution in [2.24, 2.45) is 0 Å². The number of hydrogen-bond acceptors (Lipinski definition) is 4. The second-order valence-corrected chi connectivity index (χ2v) is 6.82. The van der Waals surface area contributed by atoms with E-state index in [0.717, 1.165) is 17.7 Å². The first-order chi connectivity index (χ1) is 14.0. The van der Waals surface area contributed by atoms with Crippen LogP contribution in [0.5, 0.6) is 0 Å². The third-order valence-electron chi connectivity index (χ3n) is 4.44. The molecule has 0 aliphatic carbocycles. The van der Waals surface area contributed by atoms with Crippen molar-refractivity contribution in [1.29, 1.82) is 0 Å². The van der Waals surface area contributed by atoms with E-state index in [4.69, 9.17) is 0 Å². The van der Waals surface area contributed by atoms with Crippen LogP contribution in [0.25, 0.3) is 0 Å². The highest BCUT2D eigenvalue weighted by Gasteiger charge is 2.12. The van der Waals surface area contributed by atoms with Crippen LogP contribution >= 0.6 is 0 Å². The van der Waals surface area contributed by atoms with Gasteiger partial charge in [-0.05, 0) is 48.4 Å². The van der Waals surface area contributed by atoms with Crippen molar-refractivity contribution >= 4 is 23.2 Å². The number of carbonyl (C=O) groups excluding carboxylic acids is 2. The number of hydrogen-bond donors (Lipinski definition) is 2. The van der Waals surface area contributed by atoms with E-state index in [0.29, 0.717) is 17.8 Å². The molecule has 148 valence electrons. The Morgan fingerprint density at radius 1 is 0.931 bits per heavy atom. The first kappa shape index (κ1) is 20.1. The highest BCUT2D eigenvalue weighted by Crippen LogP contribution is 2.16. The SMILES string of the molecule is CN(C)c1ccc(NC(=O)c2cc(C(=O)NCCc3ccccc3)ccn2)cc1. The van der Waals surface area contributed by atoms with Gasteiger partial charge in [-0.3, -0.25) is 14.6 Å². The molecule has 2 N–H and O–H groups in total. The lowest BCUT2D eigenvalue weighted by Gasteiger charge is -2.13. The van der Waals surface area contributed by atoms with Crippen molar-refractivity contribution < 1.29 is 9.59 Å². The van der Waals surface area contributed by atoms with E-state index in [1.165, 1.54) is 12.3 Å². The maximum absolute atomic E-state index is 12.5. The molecular weight excluding hydrogens is 364 g/mol. The Labute approximate surface area is 170 Å². The molecule has 3 rings (SSSR count). The quantitative estimate of drug-likeness (QED) is 0.651. The summed E-state index contributed by atoms with van der Waals surface area (Å²) in [6, 6.07) is 20.5. The molecule has 6 heteroatoms. The third-order valence-corrected chi connectivity index (χ3v) is 4.44. The molecule has 6 nitrogen and oxygen atoms in total. The summed E-state index contributed by atoms with van der Waals surface area (Å²) in [7, 11) is 3.90. The molecule has 1 aromatic heterocycles. The number of anilines is 2. The standard InChI is InChI=1S/C23H24N4O2/c1-27(2)20-10-8-19(9-11-20)26-23(29)21-16-18(13-15-24-21)22(28)25-14-12-17-6-4-3-5-7-17/h3-11,13,15-16H,12,14H2,1-2H3,(H,25,28)(H,26,29). The molecule has 29 heavy (non-hydrogen) atoms. The maximum Gasteiger partial charge on any atom is 0.274 e. The van der Waals surface area contributed by atoms with Crippen molar-refractivity contribution in [3.63, 3.8) is 0 Å². The number of aromatic nitrogens is 1. The monoisotopic (exact) mass is 388 g/mol. The van der Waals surface area contributed by atoms with Gasteiger partial charge in [0.15, 0.2) is 0 Å². The lowest BCUT2D eigenvalue weighted by molar-refractivity contribution is 0.0954. The summed E-state index contributed by atoms with van der Waals surface area (Å²) in [5.41, 5.74) is 3.46. The molecule has 0 unspecified atom stereocenters. The number of nitrogens with one attached hydrogen (secondary N) is 2. The minimum Gasteiger partial charge on any atom is -0.378 e. The molecule has 2 aromatic carbocycles. The topological polar surface area (TPSA) is 74.3 Å². The van der Waals surface area contributed by atoms with Gasteiger partial charge in [0.05, 0.1) is 0 Å². The minimum absolute atomic E-state index is 0.192. The summed E-state index contributed by atoms with van der Waals surface area (Å²) in [5.74, 6) is -0.589. The van der Waals surface area contributed by atoms with Gasteiger partial charge in [0.2, 0.25) is 0 Å². The number of rotatable bonds is 7. The van der Waals surface area contributed by atoms with Crippen LogP contribution in [0.4, 0.5) is 11.4 Å². The van der Waals surface area contributed by atoms with E-state index < -0.39 is 0 Å². The summed E-state index contributed by atoms with van der Waals surface area (Å²) in [6.45, 7) is 0.519. The second kappa shape index (κ2) is 9.50. The highest BCUT2D eigenvalue weighted by atomic mass is 16.2. The van der Waals surface area contributed by atoms with E-state index in [1.54, 1.807) is 6.07 Å².